The fourth-order valence-corrected chi connectivity index (χ4v) is 6.11. The van der Waals surface area contributed by atoms with Crippen LogP contribution in [0.1, 0.15) is 32.6 Å². The molecule has 5 rings (SSSR count). The van der Waals surface area contributed by atoms with Crippen molar-refractivity contribution >= 4 is 38.9 Å². The van der Waals surface area contributed by atoms with Gasteiger partial charge in [0.05, 0.1) is 21.2 Å². The van der Waals surface area contributed by atoms with Crippen LogP contribution in [-0.4, -0.2) is 57.1 Å². The number of benzene rings is 2. The van der Waals surface area contributed by atoms with Crippen LogP contribution < -0.4 is 20.7 Å². The molecule has 2 aromatic carbocycles. The Morgan fingerprint density at radius 2 is 1.92 bits per heavy atom. The Balaban J connectivity index is 1.48. The topological polar surface area (TPSA) is 132 Å². The van der Waals surface area contributed by atoms with Crippen LogP contribution in [0.3, 0.4) is 0 Å². The average Bonchev–Trinajstić information content (AvgIpc) is 3.44. The van der Waals surface area contributed by atoms with Crippen molar-refractivity contribution in [2.75, 3.05) is 47.9 Å². The number of hydrogen-bond donors (Lipinski definition) is 4. The minimum Gasteiger partial charge on any atom is -0.494 e. The highest BCUT2D eigenvalue weighted by Gasteiger charge is 2.20. The highest BCUT2D eigenvalue weighted by atomic mass is 32.2. The zero-order valence-electron chi connectivity index (χ0n) is 21.5. The Labute approximate surface area is 223 Å². The summed E-state index contributed by atoms with van der Waals surface area (Å²) in [5.41, 5.74) is 2.85. The normalized spacial score (nSPS) is 19.2. The maximum absolute atomic E-state index is 13.4. The molecule has 0 radical (unpaired) electrons. The second kappa shape index (κ2) is 11.3. The summed E-state index contributed by atoms with van der Waals surface area (Å²) in [5.74, 6) is 2.06. The minimum absolute atomic E-state index is 0.192. The van der Waals surface area contributed by atoms with Crippen molar-refractivity contribution in [3.05, 3.63) is 48.7 Å². The van der Waals surface area contributed by atoms with E-state index in [0.717, 1.165) is 49.2 Å². The van der Waals surface area contributed by atoms with Crippen molar-refractivity contribution in [1.82, 2.24) is 14.9 Å². The summed E-state index contributed by atoms with van der Waals surface area (Å²) in [5, 5.41) is 9.51. The van der Waals surface area contributed by atoms with Crippen LogP contribution in [0.5, 0.6) is 5.75 Å². The predicted molar refractivity (Wildman–Crippen MR) is 150 cm³/mol. The number of nitrogens with one attached hydrogen (secondary N) is 4. The lowest BCUT2D eigenvalue weighted by Crippen LogP contribution is -2.32. The second-order valence-corrected chi connectivity index (χ2v) is 11.7. The van der Waals surface area contributed by atoms with Gasteiger partial charge >= 0.3 is 6.03 Å². The molecule has 1 aromatic heterocycles. The Hall–Kier alpha value is -3.86. The highest BCUT2D eigenvalue weighted by Crippen LogP contribution is 2.31. The van der Waals surface area contributed by atoms with Gasteiger partial charge in [-0.05, 0) is 68.5 Å². The molecule has 1 fully saturated rings. The molecular formula is C27H33N7O3S. The van der Waals surface area contributed by atoms with E-state index in [9.17, 15) is 9.00 Å². The van der Waals surface area contributed by atoms with Crippen molar-refractivity contribution in [3.63, 3.8) is 0 Å². The number of hydrogen-bond acceptors (Lipinski definition) is 8. The molecule has 200 valence electrons. The molecule has 0 spiro atoms. The Morgan fingerprint density at radius 3 is 2.68 bits per heavy atom. The molecule has 4 bridgehead atoms. The van der Waals surface area contributed by atoms with Crippen LogP contribution in [-0.2, 0) is 9.73 Å². The number of likely N-dealkylation sites (tertiary alicyclic amines) is 1. The summed E-state index contributed by atoms with van der Waals surface area (Å²) in [6.07, 6.45) is 5.07. The first-order chi connectivity index (χ1) is 18.4. The van der Waals surface area contributed by atoms with Crippen LogP contribution >= 0.6 is 0 Å². The standard InChI is InChI=1S/C27H33N7O3S/c1-2-37-22-9-7-19(8-10-22)24-18-30-26-31-20-15-21(32-27(35)34-12-4-5-13-34)17-23(16-20)38(28,36)14-6-3-11-29-25(24)33-26/h7-10,15-18,28H,2-6,11-14H2,1H3,(H,32,35)(H2,29,30,31,33). The van der Waals surface area contributed by atoms with Crippen molar-refractivity contribution in [2.45, 2.75) is 37.5 Å². The molecular weight excluding hydrogens is 502 g/mol. The summed E-state index contributed by atoms with van der Waals surface area (Å²) < 4.78 is 27.5. The van der Waals surface area contributed by atoms with Crippen molar-refractivity contribution < 1.29 is 13.7 Å². The third-order valence-electron chi connectivity index (χ3n) is 6.60. The zero-order chi connectivity index (χ0) is 26.5. The Bertz CT molecular complexity index is 1400. The van der Waals surface area contributed by atoms with Gasteiger partial charge in [-0.3, -0.25) is 0 Å². The number of ether oxygens (including phenoxy) is 1. The summed E-state index contributed by atoms with van der Waals surface area (Å²) in [6, 6.07) is 12.7. The fraction of sp³-hybridized carbons (Fsp3) is 0.370. The van der Waals surface area contributed by atoms with Crippen LogP contribution in [0.25, 0.3) is 11.1 Å². The number of urea groups is 1. The van der Waals surface area contributed by atoms with Crippen molar-refractivity contribution in [2.24, 2.45) is 0 Å². The van der Waals surface area contributed by atoms with E-state index < -0.39 is 9.73 Å². The minimum atomic E-state index is -3.06. The summed E-state index contributed by atoms with van der Waals surface area (Å²) in [6.45, 7) is 4.61. The molecule has 1 saturated heterocycles. The number of rotatable bonds is 4. The van der Waals surface area contributed by atoms with E-state index >= 15 is 0 Å². The van der Waals surface area contributed by atoms with Crippen LogP contribution in [0.15, 0.2) is 53.6 Å². The number of carbonyl (C=O) groups excluding carboxylic acids is 1. The van der Waals surface area contributed by atoms with Crippen molar-refractivity contribution in [1.29, 1.82) is 4.78 Å². The monoisotopic (exact) mass is 535 g/mol. The third-order valence-corrected chi connectivity index (χ3v) is 8.46. The van der Waals surface area contributed by atoms with E-state index in [-0.39, 0.29) is 11.8 Å². The quantitative estimate of drug-likeness (QED) is 0.345. The van der Waals surface area contributed by atoms with E-state index in [1.165, 1.54) is 0 Å². The lowest BCUT2D eigenvalue weighted by atomic mass is 10.1. The van der Waals surface area contributed by atoms with Gasteiger partial charge in [0, 0.05) is 48.5 Å². The maximum atomic E-state index is 13.4. The van der Waals surface area contributed by atoms with E-state index in [1.807, 2.05) is 31.2 Å². The van der Waals surface area contributed by atoms with Gasteiger partial charge in [0.1, 0.15) is 11.6 Å². The van der Waals surface area contributed by atoms with E-state index in [4.69, 9.17) is 14.5 Å². The molecule has 11 heteroatoms. The van der Waals surface area contributed by atoms with E-state index in [0.29, 0.717) is 47.6 Å². The van der Waals surface area contributed by atoms with Gasteiger partial charge in [0.25, 0.3) is 0 Å². The molecule has 1 unspecified atom stereocenters. The molecule has 2 aliphatic rings. The molecule has 2 amide bonds. The molecule has 1 atom stereocenters. The number of carbonyl (C=O) groups is 1. The third kappa shape index (κ3) is 5.99. The molecule has 3 aromatic rings. The van der Waals surface area contributed by atoms with Gasteiger partial charge in [-0.1, -0.05) is 12.1 Å². The van der Waals surface area contributed by atoms with Gasteiger partial charge in [0.15, 0.2) is 0 Å². The fourth-order valence-electron chi connectivity index (χ4n) is 4.63. The number of fused-ring (bicyclic) bond motifs is 4. The summed E-state index contributed by atoms with van der Waals surface area (Å²) in [7, 11) is -3.06. The molecule has 4 N–H and O–H groups in total. The SMILES string of the molecule is CCOc1ccc(-c2cnc3nc2NCCCCS(=N)(=O)c2cc(NC(=O)N4CCCC4)cc(c2)N3)cc1. The van der Waals surface area contributed by atoms with Gasteiger partial charge < -0.3 is 25.6 Å². The molecule has 38 heavy (non-hydrogen) atoms. The largest absolute Gasteiger partial charge is 0.494 e. The number of amides is 2. The average molecular weight is 536 g/mol. The van der Waals surface area contributed by atoms with Crippen LogP contribution in [0.4, 0.5) is 27.9 Å². The van der Waals surface area contributed by atoms with Crippen LogP contribution in [0, 0.1) is 4.78 Å². The molecule has 2 aliphatic heterocycles. The number of aromatic nitrogens is 2. The summed E-state index contributed by atoms with van der Waals surface area (Å²) in [4.78, 5) is 24.1. The van der Waals surface area contributed by atoms with Gasteiger partial charge in [-0.2, -0.15) is 4.98 Å². The Kier molecular flexibility index (Phi) is 7.64. The van der Waals surface area contributed by atoms with Gasteiger partial charge in [0.2, 0.25) is 5.95 Å². The van der Waals surface area contributed by atoms with E-state index in [1.54, 1.807) is 29.3 Å². The zero-order valence-corrected chi connectivity index (χ0v) is 22.3. The second-order valence-electron chi connectivity index (χ2n) is 9.42. The lowest BCUT2D eigenvalue weighted by Gasteiger charge is -2.18. The Morgan fingerprint density at radius 1 is 1.13 bits per heavy atom. The first-order valence-corrected chi connectivity index (χ1v) is 14.7. The molecule has 3 heterocycles. The molecule has 0 saturated carbocycles. The first-order valence-electron chi connectivity index (χ1n) is 13.0. The lowest BCUT2D eigenvalue weighted by molar-refractivity contribution is 0.222. The molecule has 0 aliphatic carbocycles. The van der Waals surface area contributed by atoms with Gasteiger partial charge in [-0.25, -0.2) is 18.8 Å². The van der Waals surface area contributed by atoms with Crippen LogP contribution in [0.2, 0.25) is 0 Å². The predicted octanol–water partition coefficient (Wildman–Crippen LogP) is 5.52. The van der Waals surface area contributed by atoms with Gasteiger partial charge in [-0.15, -0.1) is 0 Å². The maximum Gasteiger partial charge on any atom is 0.321 e. The number of nitrogens with zero attached hydrogens (tertiary/aromatic N) is 3. The smallest absolute Gasteiger partial charge is 0.321 e. The summed E-state index contributed by atoms with van der Waals surface area (Å²) >= 11 is 0. The number of anilines is 4. The van der Waals surface area contributed by atoms with E-state index in [2.05, 4.69) is 20.9 Å². The van der Waals surface area contributed by atoms with Crippen molar-refractivity contribution in [3.8, 4) is 16.9 Å². The highest BCUT2D eigenvalue weighted by molar-refractivity contribution is 7.92. The first kappa shape index (κ1) is 25.8. The molecule has 10 nitrogen and oxygen atoms in total.